The van der Waals surface area contributed by atoms with Crippen LogP contribution in [0.1, 0.15) is 186 Å². The van der Waals surface area contributed by atoms with Gasteiger partial charge in [-0.1, -0.05) is 97.8 Å². The van der Waals surface area contributed by atoms with E-state index in [-0.39, 0.29) is 11.6 Å². The third-order valence-corrected chi connectivity index (χ3v) is 14.0. The first kappa shape index (κ1) is 63.3. The van der Waals surface area contributed by atoms with Crippen molar-refractivity contribution in [1.82, 2.24) is 9.80 Å². The highest BCUT2D eigenvalue weighted by Crippen LogP contribution is 2.33. The summed E-state index contributed by atoms with van der Waals surface area (Å²) < 4.78 is 47.1. The van der Waals surface area contributed by atoms with Crippen LogP contribution in [0.2, 0.25) is 0 Å². The lowest BCUT2D eigenvalue weighted by molar-refractivity contribution is 0.103. The number of hydrogen-bond acceptors (Lipinski definition) is 12. The van der Waals surface area contributed by atoms with Crippen molar-refractivity contribution < 1.29 is 36.3 Å². The van der Waals surface area contributed by atoms with E-state index in [0.29, 0.717) is 29.9 Å². The molecule has 6 aromatic rings. The summed E-state index contributed by atoms with van der Waals surface area (Å²) in [7, 11) is -2.61. The van der Waals surface area contributed by atoms with Crippen LogP contribution in [0.4, 0.5) is 0 Å². The lowest BCUT2D eigenvalue weighted by Gasteiger charge is -2.21. The molecule has 0 aliphatic carbocycles. The first-order chi connectivity index (χ1) is 36.9. The monoisotopic (exact) mass is 1080 g/mol. The number of hydrogen-bond donors (Lipinski definition) is 1. The Labute approximate surface area is 461 Å². The number of rotatable bonds is 34. The Morgan fingerprint density at radius 3 is 1.28 bits per heavy atom. The van der Waals surface area contributed by atoms with E-state index in [4.69, 9.17) is 31.5 Å². The van der Waals surface area contributed by atoms with Crippen LogP contribution in [0, 0.1) is 11.7 Å². The summed E-state index contributed by atoms with van der Waals surface area (Å²) in [4.78, 5) is 32.3. The molecule has 0 aliphatic rings. The van der Waals surface area contributed by atoms with Crippen LogP contribution in [-0.2, 0) is 29.1 Å². The minimum atomic E-state index is -2.61. The largest absolute Gasteiger partial charge is 0.494 e. The number of nitrogens with one attached hydrogen (secondary N) is 1. The highest BCUT2D eigenvalue weighted by Gasteiger charge is 2.24. The van der Waals surface area contributed by atoms with Crippen LogP contribution in [0.3, 0.4) is 0 Å². The Kier molecular flexibility index (Phi) is 30.0. The summed E-state index contributed by atoms with van der Waals surface area (Å²) in [5.41, 5.74) is 6.70. The fourth-order valence-electron chi connectivity index (χ4n) is 9.09. The molecule has 6 rings (SSSR count). The number of nitrogens with zero attached hydrogens (tertiary/aromatic N) is 2. The number of fused-ring (bicyclic) bond motifs is 2. The molecule has 0 radical (unpaired) electrons. The molecule has 2 heterocycles. The first-order valence-corrected chi connectivity index (χ1v) is 30.7. The number of ether oxygens (including phenoxy) is 2. The fraction of sp³-hybridized carbons (Fsp3) is 0.524. The van der Waals surface area contributed by atoms with Crippen LogP contribution in [0.15, 0.2) is 93.8 Å². The molecule has 0 fully saturated rings. The van der Waals surface area contributed by atoms with Gasteiger partial charge in [0.1, 0.15) is 34.2 Å². The number of carbonyl (C=O) groups excluding carboxylic acids is 2. The fourth-order valence-corrected chi connectivity index (χ4v) is 9.60. The van der Waals surface area contributed by atoms with Crippen molar-refractivity contribution in [2.24, 2.45) is 0 Å². The Balaban J connectivity index is 0.000000307. The van der Waals surface area contributed by atoms with Gasteiger partial charge in [0.05, 0.1) is 24.3 Å². The van der Waals surface area contributed by atoms with Gasteiger partial charge < -0.3 is 28.1 Å². The predicted octanol–water partition coefficient (Wildman–Crippen LogP) is 16.2. The zero-order chi connectivity index (χ0) is 55.1. The van der Waals surface area contributed by atoms with Gasteiger partial charge >= 0.3 is 10.5 Å². The van der Waals surface area contributed by atoms with Crippen molar-refractivity contribution in [2.75, 3.05) is 58.7 Å². The second-order valence-corrected chi connectivity index (χ2v) is 21.0. The Morgan fingerprint density at radius 2 is 0.895 bits per heavy atom. The minimum Gasteiger partial charge on any atom is -0.494 e. The molecule has 0 unspecified atom stereocenters. The maximum Gasteiger partial charge on any atom is 0.308 e. The first-order valence-electron chi connectivity index (χ1n) is 28.3. The van der Waals surface area contributed by atoms with Gasteiger partial charge in [0, 0.05) is 53.6 Å². The standard InChI is InChI=1S/C32H45NO3S.C31H43NO3.HNO2S/c1-5-8-12-30-31(28-23-25(24-37-4)13-18-29(28)36-30)32(34)26-14-16-27(17-15-26)35-22-11-21-33(19-9-6-2)20-10-7-3;1-5-8-12-29-30(27-23-24(4)13-18-28(27)35-29)31(33)25-14-16-26(17-15-25)34-22-11-21-32(19-9-6-2)20-10-7-3;1-4(2)3/h13-18,23H,5-12,19-22,24H2,1-4H3;13-18,23H,5-12,19-22H2,1-4H3;1H. The zero-order valence-corrected chi connectivity index (χ0v) is 48.9. The van der Waals surface area contributed by atoms with E-state index in [2.05, 4.69) is 75.8 Å². The molecular weight excluding hydrogens is 991 g/mol. The van der Waals surface area contributed by atoms with Crippen molar-refractivity contribution in [2.45, 2.75) is 157 Å². The maximum absolute atomic E-state index is 13.7. The molecule has 1 N–H and O–H groups in total. The molecule has 11 nitrogen and oxygen atoms in total. The third kappa shape index (κ3) is 21.3. The molecule has 0 saturated carbocycles. The summed E-state index contributed by atoms with van der Waals surface area (Å²) in [5.74, 6) is 4.20. The minimum absolute atomic E-state index is 0.0227. The number of unbranched alkanes of at least 4 members (excludes halogenated alkanes) is 6. The second kappa shape index (κ2) is 36.0. The normalized spacial score (nSPS) is 11.2. The number of carbonyl (C=O) groups is 2. The predicted molar refractivity (Wildman–Crippen MR) is 316 cm³/mol. The lowest BCUT2D eigenvalue weighted by atomic mass is 9.97. The molecular formula is C63H89N3O8S2. The van der Waals surface area contributed by atoms with E-state index in [9.17, 15) is 9.59 Å². The highest BCUT2D eigenvalue weighted by atomic mass is 32.2. The van der Waals surface area contributed by atoms with E-state index in [1.165, 1.54) is 83.1 Å². The third-order valence-electron chi connectivity index (χ3n) is 13.3. The SMILES string of the molecule is CCCCc1oc2ccc(C)cc2c1C(=O)c1ccc(OCCCN(CCCC)CCCC)cc1.CCCCc1oc2ccc(CSC)cc2c1C(=O)c1ccc(OCCCN(CCCC)CCCC)cc1.N=S(=O)=O. The molecule has 0 bridgehead atoms. The number of thioether (sulfide) groups is 1. The number of benzene rings is 4. The summed E-state index contributed by atoms with van der Waals surface area (Å²) >= 11 is 1.78. The van der Waals surface area contributed by atoms with E-state index < -0.39 is 10.5 Å². The van der Waals surface area contributed by atoms with Crippen LogP contribution >= 0.6 is 11.8 Å². The van der Waals surface area contributed by atoms with Gasteiger partial charge in [-0.25, -0.2) is 0 Å². The van der Waals surface area contributed by atoms with Crippen LogP contribution in [0.25, 0.3) is 21.9 Å². The zero-order valence-electron chi connectivity index (χ0n) is 47.2. The molecule has 4 aromatic carbocycles. The quantitative estimate of drug-likeness (QED) is 0.0305. The molecule has 13 heteroatoms. The van der Waals surface area contributed by atoms with Gasteiger partial charge in [0.15, 0.2) is 11.6 Å². The molecule has 416 valence electrons. The highest BCUT2D eigenvalue weighted by molar-refractivity contribution is 7.97. The van der Waals surface area contributed by atoms with Gasteiger partial charge in [0.25, 0.3) is 0 Å². The van der Waals surface area contributed by atoms with Crippen molar-refractivity contribution >= 4 is 55.8 Å². The van der Waals surface area contributed by atoms with Gasteiger partial charge in [-0.15, -0.1) is 0 Å². The Bertz CT molecular complexity index is 2710. The molecule has 0 aliphatic heterocycles. The number of ketones is 2. The van der Waals surface area contributed by atoms with E-state index in [0.717, 1.165) is 126 Å². The lowest BCUT2D eigenvalue weighted by Crippen LogP contribution is -2.28. The Morgan fingerprint density at radius 1 is 0.526 bits per heavy atom. The van der Waals surface area contributed by atoms with E-state index in [1.807, 2.05) is 73.7 Å². The van der Waals surface area contributed by atoms with Gasteiger partial charge in [0.2, 0.25) is 0 Å². The molecule has 2 aromatic heterocycles. The van der Waals surface area contributed by atoms with Gasteiger partial charge in [-0.2, -0.15) is 25.0 Å². The molecule has 0 spiro atoms. The molecule has 0 amide bonds. The van der Waals surface area contributed by atoms with Crippen LogP contribution in [0.5, 0.6) is 11.5 Å². The summed E-state index contributed by atoms with van der Waals surface area (Å²) in [5, 5.41) is 1.84. The summed E-state index contributed by atoms with van der Waals surface area (Å²) in [6.45, 7) is 23.6. The van der Waals surface area contributed by atoms with E-state index in [1.54, 1.807) is 11.8 Å². The van der Waals surface area contributed by atoms with Crippen molar-refractivity contribution in [3.63, 3.8) is 0 Å². The van der Waals surface area contributed by atoms with Gasteiger partial charge in [-0.05, 0) is 169 Å². The van der Waals surface area contributed by atoms with Crippen LogP contribution < -0.4 is 9.47 Å². The van der Waals surface area contributed by atoms with Crippen molar-refractivity contribution in [1.29, 1.82) is 4.78 Å². The average molecular weight is 1080 g/mol. The summed E-state index contributed by atoms with van der Waals surface area (Å²) in [6.07, 6.45) is 19.7. The van der Waals surface area contributed by atoms with Crippen molar-refractivity contribution in [3.8, 4) is 11.5 Å². The van der Waals surface area contributed by atoms with Crippen LogP contribution in [-0.4, -0.2) is 88.5 Å². The van der Waals surface area contributed by atoms with E-state index >= 15 is 0 Å². The van der Waals surface area contributed by atoms with Gasteiger partial charge in [-0.3, -0.25) is 9.59 Å². The topological polar surface area (TPSA) is 143 Å². The Hall–Kier alpha value is -5.21. The number of aryl methyl sites for hydroxylation is 3. The summed E-state index contributed by atoms with van der Waals surface area (Å²) in [6, 6.07) is 27.5. The smallest absolute Gasteiger partial charge is 0.308 e. The number of furan rings is 2. The van der Waals surface area contributed by atoms with Crippen molar-refractivity contribution in [3.05, 3.63) is 130 Å². The maximum atomic E-state index is 13.7. The second-order valence-electron chi connectivity index (χ2n) is 19.7. The molecule has 76 heavy (non-hydrogen) atoms. The molecule has 0 saturated heterocycles. The molecule has 0 atom stereocenters. The average Bonchev–Trinajstić information content (AvgIpc) is 3.97.